The van der Waals surface area contributed by atoms with Gasteiger partial charge in [-0.15, -0.1) is 0 Å². The van der Waals surface area contributed by atoms with Gasteiger partial charge in [0.1, 0.15) is 5.82 Å². The van der Waals surface area contributed by atoms with Crippen LogP contribution in [0.2, 0.25) is 0 Å². The van der Waals surface area contributed by atoms with Crippen LogP contribution in [0.3, 0.4) is 0 Å². The number of rotatable bonds is 1. The highest BCUT2D eigenvalue weighted by atomic mass is 15.2. The lowest BCUT2D eigenvalue weighted by molar-refractivity contribution is 1.01. The fourth-order valence-corrected chi connectivity index (χ4v) is 0.498. The molecule has 1 rings (SSSR count). The summed E-state index contributed by atoms with van der Waals surface area (Å²) in [6, 6.07) is 1.92. The van der Waals surface area contributed by atoms with Gasteiger partial charge in [-0.2, -0.15) is 5.10 Å². The summed E-state index contributed by atoms with van der Waals surface area (Å²) in [6.07, 6.45) is 1.73. The lowest BCUT2D eigenvalue weighted by Gasteiger charge is -2.06. The van der Waals surface area contributed by atoms with Crippen LogP contribution in [-0.2, 0) is 0 Å². The number of anilines is 1. The van der Waals surface area contributed by atoms with Gasteiger partial charge in [0, 0.05) is 20.2 Å². The van der Waals surface area contributed by atoms with E-state index in [0.29, 0.717) is 0 Å². The number of aromatic nitrogens is 2. The second-order valence-electron chi connectivity index (χ2n) is 1.84. The molecule has 44 valence electrons. The first-order valence-electron chi connectivity index (χ1n) is 2.47. The van der Waals surface area contributed by atoms with Gasteiger partial charge in [0.2, 0.25) is 0 Å². The minimum absolute atomic E-state index is 1.03. The van der Waals surface area contributed by atoms with Crippen molar-refractivity contribution in [1.82, 2.24) is 10.2 Å². The molecule has 3 nitrogen and oxygen atoms in total. The standard InChI is InChI=1S/C5H9N3/c1-8(2)5-3-4-6-7-5/h3-4H,1-2H3,(H,6,7). The van der Waals surface area contributed by atoms with Crippen molar-refractivity contribution in [1.29, 1.82) is 0 Å². The van der Waals surface area contributed by atoms with Crippen molar-refractivity contribution in [3.63, 3.8) is 0 Å². The Bertz CT molecular complexity index is 143. The van der Waals surface area contributed by atoms with Crippen LogP contribution in [0.4, 0.5) is 5.82 Å². The predicted octanol–water partition coefficient (Wildman–Crippen LogP) is 0.476. The first kappa shape index (κ1) is 5.15. The Kier molecular flexibility index (Phi) is 1.20. The molecule has 0 bridgehead atoms. The first-order valence-corrected chi connectivity index (χ1v) is 2.47. The maximum Gasteiger partial charge on any atom is 0.123 e. The molecular weight excluding hydrogens is 102 g/mol. The van der Waals surface area contributed by atoms with E-state index in [2.05, 4.69) is 10.2 Å². The quantitative estimate of drug-likeness (QED) is 0.571. The van der Waals surface area contributed by atoms with Crippen molar-refractivity contribution in [2.75, 3.05) is 19.0 Å². The molecule has 1 N–H and O–H groups in total. The van der Waals surface area contributed by atoms with E-state index in [1.807, 2.05) is 25.1 Å². The van der Waals surface area contributed by atoms with E-state index in [9.17, 15) is 0 Å². The summed E-state index contributed by atoms with van der Waals surface area (Å²) < 4.78 is 0. The molecule has 1 heterocycles. The molecule has 0 aliphatic carbocycles. The predicted molar refractivity (Wildman–Crippen MR) is 32.9 cm³/mol. The maximum absolute atomic E-state index is 3.78. The highest BCUT2D eigenvalue weighted by molar-refractivity contribution is 5.33. The Labute approximate surface area is 48.3 Å². The van der Waals surface area contributed by atoms with Crippen LogP contribution < -0.4 is 4.90 Å². The smallest absolute Gasteiger partial charge is 0.123 e. The van der Waals surface area contributed by atoms with Crippen LogP contribution in [-0.4, -0.2) is 24.3 Å². The topological polar surface area (TPSA) is 31.9 Å². The lowest BCUT2D eigenvalue weighted by atomic mass is 10.6. The number of H-pyrrole nitrogens is 1. The molecule has 0 aromatic carbocycles. The van der Waals surface area contributed by atoms with E-state index in [4.69, 9.17) is 0 Å². The highest BCUT2D eigenvalue weighted by Crippen LogP contribution is 2.00. The average Bonchev–Trinajstić information content (AvgIpc) is 2.12. The van der Waals surface area contributed by atoms with Gasteiger partial charge >= 0.3 is 0 Å². The number of aromatic amines is 1. The molecule has 0 fully saturated rings. The Morgan fingerprint density at radius 3 is 2.62 bits per heavy atom. The van der Waals surface area contributed by atoms with Gasteiger partial charge in [0.25, 0.3) is 0 Å². The number of hydrogen-bond donors (Lipinski definition) is 1. The molecule has 0 amide bonds. The third-order valence-corrected chi connectivity index (χ3v) is 0.968. The molecule has 0 spiro atoms. The van der Waals surface area contributed by atoms with Gasteiger partial charge in [0.05, 0.1) is 6.20 Å². The maximum atomic E-state index is 3.78. The molecule has 1 aromatic heterocycles. The average molecular weight is 111 g/mol. The zero-order chi connectivity index (χ0) is 5.98. The van der Waals surface area contributed by atoms with Crippen LogP contribution in [0, 0.1) is 0 Å². The Morgan fingerprint density at radius 1 is 1.62 bits per heavy atom. The normalized spacial score (nSPS) is 9.25. The van der Waals surface area contributed by atoms with Gasteiger partial charge < -0.3 is 4.90 Å². The molecule has 8 heavy (non-hydrogen) atoms. The molecule has 1 aromatic rings. The van der Waals surface area contributed by atoms with Crippen LogP contribution >= 0.6 is 0 Å². The first-order chi connectivity index (χ1) is 3.80. The number of nitrogens with one attached hydrogen (secondary N) is 1. The monoisotopic (exact) mass is 111 g/mol. The zero-order valence-corrected chi connectivity index (χ0v) is 5.05. The summed E-state index contributed by atoms with van der Waals surface area (Å²) in [5.74, 6) is 1.03. The number of hydrogen-bond acceptors (Lipinski definition) is 2. The summed E-state index contributed by atoms with van der Waals surface area (Å²) in [5.41, 5.74) is 0. The van der Waals surface area contributed by atoms with E-state index in [-0.39, 0.29) is 0 Å². The largest absolute Gasteiger partial charge is 0.363 e. The van der Waals surface area contributed by atoms with E-state index in [1.165, 1.54) is 0 Å². The fraction of sp³-hybridized carbons (Fsp3) is 0.400. The second kappa shape index (κ2) is 1.86. The van der Waals surface area contributed by atoms with E-state index in [0.717, 1.165) is 5.82 Å². The van der Waals surface area contributed by atoms with Gasteiger partial charge in [-0.3, -0.25) is 5.10 Å². The van der Waals surface area contributed by atoms with Gasteiger partial charge in [0.15, 0.2) is 0 Å². The summed E-state index contributed by atoms with van der Waals surface area (Å²) in [5, 5.41) is 6.59. The minimum Gasteiger partial charge on any atom is -0.363 e. The molecule has 0 saturated heterocycles. The summed E-state index contributed by atoms with van der Waals surface area (Å²) in [7, 11) is 3.93. The summed E-state index contributed by atoms with van der Waals surface area (Å²) >= 11 is 0. The van der Waals surface area contributed by atoms with E-state index < -0.39 is 0 Å². The molecule has 3 heteroatoms. The van der Waals surface area contributed by atoms with Crippen LogP contribution in [0.1, 0.15) is 0 Å². The SMILES string of the molecule is CN(C)c1ccn[nH]1. The van der Waals surface area contributed by atoms with Crippen molar-refractivity contribution in [2.45, 2.75) is 0 Å². The second-order valence-corrected chi connectivity index (χ2v) is 1.84. The van der Waals surface area contributed by atoms with Crippen molar-refractivity contribution in [3.05, 3.63) is 12.3 Å². The van der Waals surface area contributed by atoms with Gasteiger partial charge in [-0.05, 0) is 0 Å². The number of nitrogens with zero attached hydrogens (tertiary/aromatic N) is 2. The molecule has 0 aliphatic heterocycles. The van der Waals surface area contributed by atoms with Crippen LogP contribution in [0.15, 0.2) is 12.3 Å². The third-order valence-electron chi connectivity index (χ3n) is 0.968. The lowest BCUT2D eigenvalue weighted by Crippen LogP contribution is -2.08. The van der Waals surface area contributed by atoms with Gasteiger partial charge in [-0.25, -0.2) is 0 Å². The highest BCUT2D eigenvalue weighted by Gasteiger charge is 1.90. The summed E-state index contributed by atoms with van der Waals surface area (Å²) in [4.78, 5) is 1.97. The fourth-order valence-electron chi connectivity index (χ4n) is 0.498. The van der Waals surface area contributed by atoms with Crippen molar-refractivity contribution >= 4 is 5.82 Å². The zero-order valence-electron chi connectivity index (χ0n) is 5.05. The van der Waals surface area contributed by atoms with Crippen LogP contribution in [0.5, 0.6) is 0 Å². The molecule has 0 aliphatic rings. The van der Waals surface area contributed by atoms with E-state index in [1.54, 1.807) is 6.20 Å². The Hall–Kier alpha value is -0.990. The molecule has 0 unspecified atom stereocenters. The van der Waals surface area contributed by atoms with Crippen molar-refractivity contribution < 1.29 is 0 Å². The molecule has 0 atom stereocenters. The molecule has 0 saturated carbocycles. The summed E-state index contributed by atoms with van der Waals surface area (Å²) in [6.45, 7) is 0. The van der Waals surface area contributed by atoms with E-state index >= 15 is 0 Å². The Balaban J connectivity index is 2.77. The molecular formula is C5H9N3. The Morgan fingerprint density at radius 2 is 2.38 bits per heavy atom. The minimum atomic E-state index is 1.03. The van der Waals surface area contributed by atoms with Crippen molar-refractivity contribution in [3.8, 4) is 0 Å². The molecule has 0 radical (unpaired) electrons. The van der Waals surface area contributed by atoms with Crippen LogP contribution in [0.25, 0.3) is 0 Å². The van der Waals surface area contributed by atoms with Crippen molar-refractivity contribution in [2.24, 2.45) is 0 Å². The van der Waals surface area contributed by atoms with Gasteiger partial charge in [-0.1, -0.05) is 0 Å². The third kappa shape index (κ3) is 0.804.